The number of benzene rings is 1. The van der Waals surface area contributed by atoms with Crippen LogP contribution >= 0.6 is 0 Å². The molecule has 1 atom stereocenters. The SMILES string of the molecule is Cc1onc(C(=O)NC(C)c2ccc(C(C)(C)C)cc2)c1Cn1cc([N+](=O)[O-])cn1. The van der Waals surface area contributed by atoms with Crippen molar-refractivity contribution in [3.8, 4) is 0 Å². The Balaban J connectivity index is 1.74. The normalized spacial score (nSPS) is 12.6. The molecule has 1 aromatic carbocycles. The number of aromatic nitrogens is 3. The van der Waals surface area contributed by atoms with Crippen LogP contribution in [0.25, 0.3) is 0 Å². The first-order valence-electron chi connectivity index (χ1n) is 9.59. The average Bonchev–Trinajstić information content (AvgIpc) is 3.29. The minimum absolute atomic E-state index is 0.0553. The maximum Gasteiger partial charge on any atom is 0.307 e. The molecule has 2 heterocycles. The Labute approximate surface area is 174 Å². The van der Waals surface area contributed by atoms with E-state index in [9.17, 15) is 14.9 Å². The highest BCUT2D eigenvalue weighted by Crippen LogP contribution is 2.24. The Bertz CT molecular complexity index is 1060. The lowest BCUT2D eigenvalue weighted by molar-refractivity contribution is -0.385. The molecule has 30 heavy (non-hydrogen) atoms. The fourth-order valence-electron chi connectivity index (χ4n) is 3.07. The number of nitrogens with one attached hydrogen (secondary N) is 1. The molecule has 0 aliphatic heterocycles. The number of aryl methyl sites for hydroxylation is 1. The van der Waals surface area contributed by atoms with Gasteiger partial charge in [-0.05, 0) is 30.4 Å². The fourth-order valence-corrected chi connectivity index (χ4v) is 3.07. The van der Waals surface area contributed by atoms with Gasteiger partial charge < -0.3 is 9.84 Å². The molecule has 2 aromatic heterocycles. The second kappa shape index (κ2) is 8.10. The van der Waals surface area contributed by atoms with Gasteiger partial charge >= 0.3 is 5.69 Å². The van der Waals surface area contributed by atoms with E-state index in [1.807, 2.05) is 19.1 Å². The van der Waals surface area contributed by atoms with Crippen LogP contribution in [-0.2, 0) is 12.0 Å². The summed E-state index contributed by atoms with van der Waals surface area (Å²) in [6.45, 7) is 10.2. The largest absolute Gasteiger partial charge is 0.361 e. The van der Waals surface area contributed by atoms with Crippen molar-refractivity contribution in [1.82, 2.24) is 20.3 Å². The minimum Gasteiger partial charge on any atom is -0.361 e. The van der Waals surface area contributed by atoms with Gasteiger partial charge in [-0.15, -0.1) is 0 Å². The molecule has 0 aliphatic rings. The summed E-state index contributed by atoms with van der Waals surface area (Å²) in [6, 6.07) is 7.90. The van der Waals surface area contributed by atoms with Gasteiger partial charge in [-0.25, -0.2) is 0 Å². The molecule has 1 amide bonds. The molecule has 0 fully saturated rings. The molecule has 3 aromatic rings. The van der Waals surface area contributed by atoms with Gasteiger partial charge in [0.25, 0.3) is 5.91 Å². The van der Waals surface area contributed by atoms with Crippen LogP contribution in [-0.4, -0.2) is 25.8 Å². The van der Waals surface area contributed by atoms with Crippen molar-refractivity contribution in [1.29, 1.82) is 0 Å². The molecule has 1 N–H and O–H groups in total. The van der Waals surface area contributed by atoms with E-state index >= 15 is 0 Å². The molecule has 0 radical (unpaired) electrons. The zero-order valence-electron chi connectivity index (χ0n) is 17.7. The lowest BCUT2D eigenvalue weighted by Crippen LogP contribution is -2.28. The van der Waals surface area contributed by atoms with Gasteiger partial charge in [-0.1, -0.05) is 50.2 Å². The number of rotatable bonds is 6. The summed E-state index contributed by atoms with van der Waals surface area (Å²) in [5, 5.41) is 21.6. The van der Waals surface area contributed by atoms with Crippen LogP contribution in [0.15, 0.2) is 41.2 Å². The van der Waals surface area contributed by atoms with Crippen molar-refractivity contribution in [2.24, 2.45) is 0 Å². The Morgan fingerprint density at radius 3 is 2.53 bits per heavy atom. The Morgan fingerprint density at radius 2 is 1.97 bits per heavy atom. The van der Waals surface area contributed by atoms with E-state index < -0.39 is 4.92 Å². The molecule has 0 bridgehead atoms. The first kappa shape index (κ1) is 21.2. The number of hydrogen-bond acceptors (Lipinski definition) is 6. The maximum absolute atomic E-state index is 12.8. The molecule has 0 saturated heterocycles. The number of carbonyl (C=O) groups is 1. The maximum atomic E-state index is 12.8. The molecular weight excluding hydrogens is 386 g/mol. The van der Waals surface area contributed by atoms with Gasteiger partial charge in [-0.3, -0.25) is 19.6 Å². The molecule has 0 saturated carbocycles. The van der Waals surface area contributed by atoms with E-state index in [1.165, 1.54) is 16.4 Å². The first-order chi connectivity index (χ1) is 14.1. The van der Waals surface area contributed by atoms with Crippen LogP contribution in [0.5, 0.6) is 0 Å². The summed E-state index contributed by atoms with van der Waals surface area (Å²) in [5.41, 5.74) is 2.79. The van der Waals surface area contributed by atoms with Crippen molar-refractivity contribution in [2.45, 2.75) is 52.6 Å². The molecule has 1 unspecified atom stereocenters. The highest BCUT2D eigenvalue weighted by molar-refractivity contribution is 5.94. The van der Waals surface area contributed by atoms with Crippen LogP contribution in [0, 0.1) is 17.0 Å². The summed E-state index contributed by atoms with van der Waals surface area (Å²) in [7, 11) is 0. The second-order valence-corrected chi connectivity index (χ2v) is 8.29. The molecule has 9 nitrogen and oxygen atoms in total. The molecule has 3 rings (SSSR count). The third kappa shape index (κ3) is 4.56. The second-order valence-electron chi connectivity index (χ2n) is 8.29. The molecule has 0 aliphatic carbocycles. The van der Waals surface area contributed by atoms with Crippen LogP contribution in [0.4, 0.5) is 5.69 Å². The van der Waals surface area contributed by atoms with Crippen LogP contribution in [0.2, 0.25) is 0 Å². The van der Waals surface area contributed by atoms with Gasteiger partial charge in [0.05, 0.1) is 17.5 Å². The van der Waals surface area contributed by atoms with Gasteiger partial charge in [0.2, 0.25) is 0 Å². The van der Waals surface area contributed by atoms with Crippen LogP contribution in [0.1, 0.15) is 66.7 Å². The van der Waals surface area contributed by atoms with Crippen molar-refractivity contribution in [2.75, 3.05) is 0 Å². The van der Waals surface area contributed by atoms with E-state index in [1.54, 1.807) is 6.92 Å². The highest BCUT2D eigenvalue weighted by atomic mass is 16.6. The number of hydrogen-bond donors (Lipinski definition) is 1. The van der Waals surface area contributed by atoms with E-state index in [0.29, 0.717) is 11.3 Å². The summed E-state index contributed by atoms with van der Waals surface area (Å²) in [5.74, 6) is 0.0800. The molecule has 0 spiro atoms. The van der Waals surface area contributed by atoms with Crippen LogP contribution < -0.4 is 5.32 Å². The monoisotopic (exact) mass is 411 g/mol. The van der Waals surface area contributed by atoms with E-state index in [0.717, 1.165) is 11.8 Å². The number of nitrogens with zero attached hydrogens (tertiary/aromatic N) is 4. The number of nitro groups is 1. The predicted octanol–water partition coefficient (Wildman–Crippen LogP) is 3.92. The smallest absolute Gasteiger partial charge is 0.307 e. The first-order valence-corrected chi connectivity index (χ1v) is 9.59. The van der Waals surface area contributed by atoms with Gasteiger partial charge in [0, 0.05) is 5.56 Å². The van der Waals surface area contributed by atoms with Crippen molar-refractivity contribution in [3.63, 3.8) is 0 Å². The predicted molar refractivity (Wildman–Crippen MR) is 110 cm³/mol. The van der Waals surface area contributed by atoms with Crippen LogP contribution in [0.3, 0.4) is 0 Å². The summed E-state index contributed by atoms with van der Waals surface area (Å²) in [6.07, 6.45) is 2.46. The standard InChI is InChI=1S/C21H25N5O4/c1-13(15-6-8-16(9-7-15)21(3,4)5)23-20(27)19-18(14(2)30-24-19)12-25-11-17(10-22-25)26(28)29/h6-11,13H,12H2,1-5H3,(H,23,27). The highest BCUT2D eigenvalue weighted by Gasteiger charge is 2.23. The van der Waals surface area contributed by atoms with Gasteiger partial charge in [-0.2, -0.15) is 5.10 Å². The molecule has 9 heteroatoms. The Kier molecular flexibility index (Phi) is 5.73. The molecular formula is C21H25N5O4. The minimum atomic E-state index is -0.524. The zero-order valence-corrected chi connectivity index (χ0v) is 17.7. The van der Waals surface area contributed by atoms with Gasteiger partial charge in [0.1, 0.15) is 18.2 Å². The molecule has 158 valence electrons. The third-order valence-electron chi connectivity index (χ3n) is 4.97. The lowest BCUT2D eigenvalue weighted by Gasteiger charge is -2.20. The van der Waals surface area contributed by atoms with Crippen molar-refractivity contribution >= 4 is 11.6 Å². The summed E-state index contributed by atoms with van der Waals surface area (Å²) < 4.78 is 6.58. The van der Waals surface area contributed by atoms with E-state index in [-0.39, 0.29) is 35.3 Å². The number of amides is 1. The third-order valence-corrected chi connectivity index (χ3v) is 4.97. The summed E-state index contributed by atoms with van der Waals surface area (Å²) in [4.78, 5) is 23.1. The Morgan fingerprint density at radius 1 is 1.30 bits per heavy atom. The topological polar surface area (TPSA) is 116 Å². The summed E-state index contributed by atoms with van der Waals surface area (Å²) >= 11 is 0. The average molecular weight is 411 g/mol. The quantitative estimate of drug-likeness (QED) is 0.485. The van der Waals surface area contributed by atoms with E-state index in [4.69, 9.17) is 4.52 Å². The zero-order chi connectivity index (χ0) is 22.1. The number of carbonyl (C=O) groups excluding carboxylic acids is 1. The lowest BCUT2D eigenvalue weighted by atomic mass is 9.86. The van der Waals surface area contributed by atoms with Crippen molar-refractivity contribution in [3.05, 3.63) is 74.9 Å². The van der Waals surface area contributed by atoms with Crippen molar-refractivity contribution < 1.29 is 14.2 Å². The Hall–Kier alpha value is -3.49. The van der Waals surface area contributed by atoms with Gasteiger partial charge in [0.15, 0.2) is 5.69 Å². The van der Waals surface area contributed by atoms with E-state index in [2.05, 4.69) is 48.5 Å². The fraction of sp³-hybridized carbons (Fsp3) is 0.381.